The Morgan fingerprint density at radius 1 is 1.28 bits per heavy atom. The van der Waals surface area contributed by atoms with Crippen LogP contribution in [0.2, 0.25) is 0 Å². The minimum Gasteiger partial charge on any atom is -0.457 e. The van der Waals surface area contributed by atoms with E-state index < -0.39 is 0 Å². The predicted molar refractivity (Wildman–Crippen MR) is 68.4 cm³/mol. The van der Waals surface area contributed by atoms with Gasteiger partial charge in [0.2, 0.25) is 0 Å². The Balaban J connectivity index is 1.70. The van der Waals surface area contributed by atoms with Gasteiger partial charge in [0.1, 0.15) is 5.76 Å². The van der Waals surface area contributed by atoms with Gasteiger partial charge in [0.05, 0.1) is 6.54 Å². The van der Waals surface area contributed by atoms with Gasteiger partial charge in [-0.3, -0.25) is 4.79 Å². The van der Waals surface area contributed by atoms with E-state index in [2.05, 4.69) is 12.1 Å². The lowest BCUT2D eigenvalue weighted by atomic mass is 9.75. The molecule has 3 nitrogen and oxygen atoms in total. The minimum atomic E-state index is 0.0641. The highest BCUT2D eigenvalue weighted by molar-refractivity contribution is 5.94. The molecule has 1 aliphatic carbocycles. The van der Waals surface area contributed by atoms with Gasteiger partial charge in [0.25, 0.3) is 0 Å². The average Bonchev–Trinajstić information content (AvgIpc) is 2.84. The molecule has 1 unspecified atom stereocenters. The molecule has 1 heterocycles. The second-order valence-corrected chi connectivity index (χ2v) is 4.70. The molecule has 0 saturated carbocycles. The standard InChI is InChI=1S/C15H15NO2/c16-9-12-5-6-15(18-12)14(17)8-11-7-10-3-1-2-4-13(10)11/h1-6,11H,7-9,16H2. The van der Waals surface area contributed by atoms with E-state index in [4.69, 9.17) is 10.2 Å². The third kappa shape index (κ3) is 1.87. The van der Waals surface area contributed by atoms with Gasteiger partial charge in [-0.25, -0.2) is 0 Å². The predicted octanol–water partition coefficient (Wildman–Crippen LogP) is 2.65. The summed E-state index contributed by atoms with van der Waals surface area (Å²) in [5.41, 5.74) is 8.12. The molecule has 1 aromatic carbocycles. The number of benzene rings is 1. The molecule has 3 heteroatoms. The van der Waals surface area contributed by atoms with Gasteiger partial charge in [-0.15, -0.1) is 0 Å². The Morgan fingerprint density at radius 2 is 2.11 bits per heavy atom. The van der Waals surface area contributed by atoms with E-state index in [0.29, 0.717) is 30.4 Å². The van der Waals surface area contributed by atoms with Gasteiger partial charge in [-0.05, 0) is 35.6 Å². The highest BCUT2D eigenvalue weighted by Gasteiger charge is 2.28. The normalized spacial score (nSPS) is 17.1. The van der Waals surface area contributed by atoms with Crippen molar-refractivity contribution in [3.8, 4) is 0 Å². The van der Waals surface area contributed by atoms with E-state index in [1.54, 1.807) is 12.1 Å². The second-order valence-electron chi connectivity index (χ2n) is 4.70. The van der Waals surface area contributed by atoms with E-state index in [1.165, 1.54) is 11.1 Å². The van der Waals surface area contributed by atoms with Crippen molar-refractivity contribution in [2.75, 3.05) is 0 Å². The Hall–Kier alpha value is -1.87. The lowest BCUT2D eigenvalue weighted by molar-refractivity contribution is 0.0941. The van der Waals surface area contributed by atoms with E-state index >= 15 is 0 Å². The summed E-state index contributed by atoms with van der Waals surface area (Å²) in [4.78, 5) is 12.1. The van der Waals surface area contributed by atoms with E-state index in [0.717, 1.165) is 6.42 Å². The summed E-state index contributed by atoms with van der Waals surface area (Å²) in [5.74, 6) is 1.50. The summed E-state index contributed by atoms with van der Waals surface area (Å²) < 4.78 is 5.38. The third-order valence-corrected chi connectivity index (χ3v) is 3.53. The zero-order chi connectivity index (χ0) is 12.5. The zero-order valence-electron chi connectivity index (χ0n) is 10.1. The summed E-state index contributed by atoms with van der Waals surface area (Å²) in [6, 6.07) is 11.8. The first-order valence-electron chi connectivity index (χ1n) is 6.17. The molecule has 1 aromatic heterocycles. The molecule has 2 aromatic rings. The fourth-order valence-electron chi connectivity index (χ4n) is 2.51. The van der Waals surface area contributed by atoms with Crippen molar-refractivity contribution < 1.29 is 9.21 Å². The topological polar surface area (TPSA) is 56.2 Å². The Morgan fingerprint density at radius 3 is 2.83 bits per heavy atom. The zero-order valence-corrected chi connectivity index (χ0v) is 10.1. The molecular formula is C15H15NO2. The maximum atomic E-state index is 12.1. The molecular weight excluding hydrogens is 226 g/mol. The molecule has 0 saturated heterocycles. The van der Waals surface area contributed by atoms with Crippen molar-refractivity contribution in [3.63, 3.8) is 0 Å². The van der Waals surface area contributed by atoms with Gasteiger partial charge in [0, 0.05) is 6.42 Å². The van der Waals surface area contributed by atoms with E-state index in [1.807, 2.05) is 12.1 Å². The fraction of sp³-hybridized carbons (Fsp3) is 0.267. The number of Topliss-reactive ketones (excluding diaryl/α,β-unsaturated/α-hetero) is 1. The van der Waals surface area contributed by atoms with Crippen LogP contribution < -0.4 is 5.73 Å². The lowest BCUT2D eigenvalue weighted by Crippen LogP contribution is -2.19. The first-order chi connectivity index (χ1) is 8.78. The Kier molecular flexibility index (Phi) is 2.76. The van der Waals surface area contributed by atoms with Crippen LogP contribution in [-0.2, 0) is 13.0 Å². The van der Waals surface area contributed by atoms with Crippen LogP contribution in [-0.4, -0.2) is 5.78 Å². The number of carbonyl (C=O) groups excluding carboxylic acids is 1. The summed E-state index contributed by atoms with van der Waals surface area (Å²) >= 11 is 0. The number of furan rings is 1. The maximum Gasteiger partial charge on any atom is 0.198 e. The monoisotopic (exact) mass is 241 g/mol. The van der Waals surface area contributed by atoms with Crippen molar-refractivity contribution in [2.24, 2.45) is 5.73 Å². The minimum absolute atomic E-state index is 0.0641. The number of fused-ring (bicyclic) bond motifs is 1. The number of nitrogens with two attached hydrogens (primary N) is 1. The quantitative estimate of drug-likeness (QED) is 0.837. The molecule has 0 radical (unpaired) electrons. The molecule has 1 aliphatic rings. The molecule has 92 valence electrons. The Labute approximate surface area is 106 Å². The molecule has 0 bridgehead atoms. The molecule has 0 spiro atoms. The highest BCUT2D eigenvalue weighted by Crippen LogP contribution is 2.37. The van der Waals surface area contributed by atoms with Crippen LogP contribution in [0.3, 0.4) is 0 Å². The largest absolute Gasteiger partial charge is 0.457 e. The van der Waals surface area contributed by atoms with Crippen LogP contribution in [0.25, 0.3) is 0 Å². The summed E-state index contributed by atoms with van der Waals surface area (Å²) in [7, 11) is 0. The molecule has 1 atom stereocenters. The maximum absolute atomic E-state index is 12.1. The van der Waals surface area contributed by atoms with Gasteiger partial charge >= 0.3 is 0 Å². The van der Waals surface area contributed by atoms with Crippen molar-refractivity contribution in [1.82, 2.24) is 0 Å². The Bertz CT molecular complexity index is 586. The van der Waals surface area contributed by atoms with Crippen LogP contribution in [0, 0.1) is 0 Å². The second kappa shape index (κ2) is 4.42. The molecule has 2 N–H and O–H groups in total. The van der Waals surface area contributed by atoms with Crippen LogP contribution in [0.4, 0.5) is 0 Å². The van der Waals surface area contributed by atoms with E-state index in [9.17, 15) is 4.79 Å². The first kappa shape index (κ1) is 11.2. The highest BCUT2D eigenvalue weighted by atomic mass is 16.3. The van der Waals surface area contributed by atoms with Crippen molar-refractivity contribution in [1.29, 1.82) is 0 Å². The van der Waals surface area contributed by atoms with Crippen LogP contribution >= 0.6 is 0 Å². The van der Waals surface area contributed by atoms with Gasteiger partial charge < -0.3 is 10.2 Å². The van der Waals surface area contributed by atoms with E-state index in [-0.39, 0.29) is 5.78 Å². The van der Waals surface area contributed by atoms with Crippen LogP contribution in [0.1, 0.15) is 39.8 Å². The molecule has 0 aliphatic heterocycles. The third-order valence-electron chi connectivity index (χ3n) is 3.53. The number of rotatable bonds is 4. The smallest absolute Gasteiger partial charge is 0.198 e. The summed E-state index contributed by atoms with van der Waals surface area (Å²) in [5, 5.41) is 0. The molecule has 0 fully saturated rings. The van der Waals surface area contributed by atoms with Gasteiger partial charge in [-0.1, -0.05) is 24.3 Å². The van der Waals surface area contributed by atoms with Crippen molar-refractivity contribution >= 4 is 5.78 Å². The number of hydrogen-bond acceptors (Lipinski definition) is 3. The summed E-state index contributed by atoms with van der Waals surface area (Å²) in [6.07, 6.45) is 1.51. The average molecular weight is 241 g/mol. The van der Waals surface area contributed by atoms with Gasteiger partial charge in [0.15, 0.2) is 11.5 Å². The van der Waals surface area contributed by atoms with Crippen LogP contribution in [0.5, 0.6) is 0 Å². The molecule has 0 amide bonds. The SMILES string of the molecule is NCc1ccc(C(=O)CC2Cc3ccccc32)o1. The molecule has 18 heavy (non-hydrogen) atoms. The first-order valence-corrected chi connectivity index (χ1v) is 6.17. The van der Waals surface area contributed by atoms with Crippen LogP contribution in [0.15, 0.2) is 40.8 Å². The van der Waals surface area contributed by atoms with Crippen molar-refractivity contribution in [3.05, 3.63) is 59.0 Å². The number of carbonyl (C=O) groups is 1. The fourth-order valence-corrected chi connectivity index (χ4v) is 2.51. The number of ketones is 1. The molecule has 3 rings (SSSR count). The van der Waals surface area contributed by atoms with Crippen molar-refractivity contribution in [2.45, 2.75) is 25.3 Å². The van der Waals surface area contributed by atoms with Gasteiger partial charge in [-0.2, -0.15) is 0 Å². The number of hydrogen-bond donors (Lipinski definition) is 1. The lowest BCUT2D eigenvalue weighted by Gasteiger charge is -2.29. The summed E-state index contributed by atoms with van der Waals surface area (Å²) in [6.45, 7) is 0.333.